The van der Waals surface area contributed by atoms with Crippen molar-refractivity contribution in [3.05, 3.63) is 29.6 Å². The minimum absolute atomic E-state index is 0.00164. The molecule has 2 fully saturated rings. The number of hydrogen-bond acceptors (Lipinski definition) is 3. The quantitative estimate of drug-likeness (QED) is 0.928. The van der Waals surface area contributed by atoms with Crippen LogP contribution in [0.15, 0.2) is 18.2 Å². The van der Waals surface area contributed by atoms with Crippen LogP contribution in [0.1, 0.15) is 68.8 Å². The van der Waals surface area contributed by atoms with Gasteiger partial charge in [-0.1, -0.05) is 25.3 Å². The molecule has 1 amide bonds. The van der Waals surface area contributed by atoms with Gasteiger partial charge in [0.1, 0.15) is 0 Å². The highest BCUT2D eigenvalue weighted by Crippen LogP contribution is 2.33. The number of nitrogens with zero attached hydrogens (tertiary/aromatic N) is 1. The summed E-state index contributed by atoms with van der Waals surface area (Å²) in [6.07, 6.45) is 7.44. The van der Waals surface area contributed by atoms with Crippen molar-refractivity contribution < 1.29 is 9.53 Å². The number of carbonyl (C=O) groups excluding carboxylic acids is 1. The van der Waals surface area contributed by atoms with Crippen LogP contribution in [0.3, 0.4) is 0 Å². The van der Waals surface area contributed by atoms with Gasteiger partial charge in [0.05, 0.1) is 18.3 Å². The summed E-state index contributed by atoms with van der Waals surface area (Å²) >= 11 is 0. The van der Waals surface area contributed by atoms with E-state index < -0.39 is 0 Å². The number of rotatable bonds is 4. The van der Waals surface area contributed by atoms with Gasteiger partial charge < -0.3 is 10.1 Å². The fourth-order valence-electron chi connectivity index (χ4n) is 3.74. The first-order valence-corrected chi connectivity index (χ1v) is 8.56. The molecule has 0 aromatic carbocycles. The number of pyridine rings is 1. The Labute approximate surface area is 132 Å². The van der Waals surface area contributed by atoms with Crippen LogP contribution in [0, 0.1) is 5.92 Å². The zero-order valence-corrected chi connectivity index (χ0v) is 13.4. The summed E-state index contributed by atoms with van der Waals surface area (Å²) in [6.45, 7) is 3.07. The third kappa shape index (κ3) is 3.67. The smallest absolute Gasteiger partial charge is 0.217 e. The van der Waals surface area contributed by atoms with Gasteiger partial charge in [0, 0.05) is 31.1 Å². The molecule has 2 atom stereocenters. The molecule has 0 spiro atoms. The minimum atomic E-state index is -0.0245. The maximum atomic E-state index is 11.6. The van der Waals surface area contributed by atoms with Crippen LogP contribution in [0.5, 0.6) is 0 Å². The van der Waals surface area contributed by atoms with Crippen LogP contribution >= 0.6 is 0 Å². The Bertz CT molecular complexity index is 506. The number of hydrogen-bond donors (Lipinski definition) is 1. The summed E-state index contributed by atoms with van der Waals surface area (Å²) in [5.41, 5.74) is 2.19. The highest BCUT2D eigenvalue weighted by molar-refractivity contribution is 5.73. The van der Waals surface area contributed by atoms with Gasteiger partial charge in [0.15, 0.2) is 0 Å². The average molecular weight is 302 g/mol. The molecule has 1 N–H and O–H groups in total. The standard InChI is InChI=1S/C18H26N2O2/c1-13(21)19-18(15-10-11-22-12-15)17-9-5-8-16(20-17)14-6-3-2-4-7-14/h5,8-9,14-15,18H,2-4,6-7,10-12H2,1H3,(H,19,21). The first kappa shape index (κ1) is 15.5. The molecule has 3 rings (SSSR count). The van der Waals surface area contributed by atoms with Crippen molar-refractivity contribution >= 4 is 5.91 Å². The highest BCUT2D eigenvalue weighted by atomic mass is 16.5. The topological polar surface area (TPSA) is 51.2 Å². The van der Waals surface area contributed by atoms with E-state index in [9.17, 15) is 4.79 Å². The van der Waals surface area contributed by atoms with E-state index in [4.69, 9.17) is 9.72 Å². The van der Waals surface area contributed by atoms with Gasteiger partial charge >= 0.3 is 0 Å². The lowest BCUT2D eigenvalue weighted by atomic mass is 9.86. The zero-order valence-electron chi connectivity index (χ0n) is 13.4. The molecule has 2 aliphatic rings. The van der Waals surface area contributed by atoms with Crippen LogP contribution in [0.25, 0.3) is 0 Å². The van der Waals surface area contributed by atoms with Gasteiger partial charge in [-0.25, -0.2) is 0 Å². The van der Waals surface area contributed by atoms with Crippen molar-refractivity contribution in [1.29, 1.82) is 0 Å². The first-order chi connectivity index (χ1) is 10.7. The van der Waals surface area contributed by atoms with Gasteiger partial charge in [-0.05, 0) is 31.4 Å². The van der Waals surface area contributed by atoms with Crippen molar-refractivity contribution in [2.45, 2.75) is 57.4 Å². The van der Waals surface area contributed by atoms with Crippen molar-refractivity contribution in [3.63, 3.8) is 0 Å². The zero-order chi connectivity index (χ0) is 15.4. The SMILES string of the molecule is CC(=O)NC(c1cccc(C2CCCCC2)n1)C1CCOC1. The lowest BCUT2D eigenvalue weighted by Gasteiger charge is -2.25. The van der Waals surface area contributed by atoms with E-state index in [1.807, 2.05) is 6.07 Å². The predicted octanol–water partition coefficient (Wildman–Crippen LogP) is 3.34. The van der Waals surface area contributed by atoms with E-state index in [-0.39, 0.29) is 11.9 Å². The van der Waals surface area contributed by atoms with E-state index in [1.54, 1.807) is 6.92 Å². The second kappa shape index (κ2) is 7.23. The monoisotopic (exact) mass is 302 g/mol. The van der Waals surface area contributed by atoms with Crippen LogP contribution in [-0.4, -0.2) is 24.1 Å². The first-order valence-electron chi connectivity index (χ1n) is 8.56. The van der Waals surface area contributed by atoms with E-state index >= 15 is 0 Å². The number of amides is 1. The van der Waals surface area contributed by atoms with E-state index in [0.717, 1.165) is 18.7 Å². The highest BCUT2D eigenvalue weighted by Gasteiger charge is 2.29. The van der Waals surface area contributed by atoms with Crippen molar-refractivity contribution in [1.82, 2.24) is 10.3 Å². The van der Waals surface area contributed by atoms with Gasteiger partial charge in [-0.2, -0.15) is 0 Å². The molecule has 0 radical (unpaired) electrons. The number of nitrogens with one attached hydrogen (secondary N) is 1. The van der Waals surface area contributed by atoms with Crippen LogP contribution in [0.4, 0.5) is 0 Å². The maximum Gasteiger partial charge on any atom is 0.217 e. The molecule has 2 unspecified atom stereocenters. The van der Waals surface area contributed by atoms with Gasteiger partial charge in [-0.3, -0.25) is 9.78 Å². The lowest BCUT2D eigenvalue weighted by molar-refractivity contribution is -0.120. The Balaban J connectivity index is 1.81. The van der Waals surface area contributed by atoms with Crippen LogP contribution in [0.2, 0.25) is 0 Å². The molecule has 2 heterocycles. The Hall–Kier alpha value is -1.42. The molecule has 4 heteroatoms. The molecule has 4 nitrogen and oxygen atoms in total. The molecule has 1 aliphatic carbocycles. The predicted molar refractivity (Wildman–Crippen MR) is 85.5 cm³/mol. The molecule has 1 saturated heterocycles. The Morgan fingerprint density at radius 1 is 1.27 bits per heavy atom. The summed E-state index contributed by atoms with van der Waals surface area (Å²) in [5.74, 6) is 0.922. The third-order valence-electron chi connectivity index (χ3n) is 4.93. The van der Waals surface area contributed by atoms with E-state index in [1.165, 1.54) is 37.8 Å². The summed E-state index contributed by atoms with van der Waals surface area (Å²) in [5, 5.41) is 3.09. The Morgan fingerprint density at radius 3 is 2.77 bits per heavy atom. The fraction of sp³-hybridized carbons (Fsp3) is 0.667. The van der Waals surface area contributed by atoms with E-state index in [0.29, 0.717) is 18.4 Å². The molecule has 1 aliphatic heterocycles. The fourth-order valence-corrected chi connectivity index (χ4v) is 3.74. The van der Waals surface area contributed by atoms with Crippen molar-refractivity contribution in [3.8, 4) is 0 Å². The molecule has 1 saturated carbocycles. The largest absolute Gasteiger partial charge is 0.381 e. The number of ether oxygens (including phenoxy) is 1. The van der Waals surface area contributed by atoms with Crippen molar-refractivity contribution in [2.75, 3.05) is 13.2 Å². The van der Waals surface area contributed by atoms with Crippen molar-refractivity contribution in [2.24, 2.45) is 5.92 Å². The Kier molecular flexibility index (Phi) is 5.08. The minimum Gasteiger partial charge on any atom is -0.381 e. The molecule has 120 valence electrons. The third-order valence-corrected chi connectivity index (χ3v) is 4.93. The summed E-state index contributed by atoms with van der Waals surface area (Å²) in [6, 6.07) is 6.26. The second-order valence-corrected chi connectivity index (χ2v) is 6.62. The molecule has 1 aromatic rings. The second-order valence-electron chi connectivity index (χ2n) is 6.62. The average Bonchev–Trinajstić information content (AvgIpc) is 3.08. The summed E-state index contributed by atoms with van der Waals surface area (Å²) in [7, 11) is 0. The summed E-state index contributed by atoms with van der Waals surface area (Å²) in [4.78, 5) is 16.5. The molecule has 0 bridgehead atoms. The normalized spacial score (nSPS) is 24.1. The van der Waals surface area contributed by atoms with Crippen LogP contribution in [-0.2, 0) is 9.53 Å². The van der Waals surface area contributed by atoms with Gasteiger partial charge in [-0.15, -0.1) is 0 Å². The lowest BCUT2D eigenvalue weighted by Crippen LogP contribution is -2.33. The summed E-state index contributed by atoms with van der Waals surface area (Å²) < 4.78 is 5.51. The number of aromatic nitrogens is 1. The molecule has 22 heavy (non-hydrogen) atoms. The van der Waals surface area contributed by atoms with Gasteiger partial charge in [0.2, 0.25) is 5.91 Å². The Morgan fingerprint density at radius 2 is 2.09 bits per heavy atom. The van der Waals surface area contributed by atoms with Crippen LogP contribution < -0.4 is 5.32 Å². The molecular weight excluding hydrogens is 276 g/mol. The number of carbonyl (C=O) groups is 1. The van der Waals surface area contributed by atoms with Gasteiger partial charge in [0.25, 0.3) is 0 Å². The molecular formula is C18H26N2O2. The molecule has 1 aromatic heterocycles. The maximum absolute atomic E-state index is 11.6. The van der Waals surface area contributed by atoms with E-state index in [2.05, 4.69) is 17.4 Å².